The van der Waals surface area contributed by atoms with Crippen LogP contribution < -0.4 is 0 Å². The molecule has 0 nitrogen and oxygen atoms in total. The minimum atomic E-state index is 0. The number of hydrogen-bond acceptors (Lipinski definition) is 0. The molecule has 0 rings (SSSR count). The summed E-state index contributed by atoms with van der Waals surface area (Å²) in [7, 11) is 1.47. The van der Waals surface area contributed by atoms with Crippen molar-refractivity contribution >= 4 is 31.7 Å². The predicted molar refractivity (Wildman–Crippen MR) is 25.2 cm³/mol. The Labute approximate surface area is 68.5 Å². The van der Waals surface area contributed by atoms with Crippen LogP contribution in [0.1, 0.15) is 7.43 Å². The molecule has 0 saturated heterocycles. The van der Waals surface area contributed by atoms with Crippen molar-refractivity contribution in [1.82, 2.24) is 0 Å². The van der Waals surface area contributed by atoms with Crippen LogP contribution in [0.2, 0.25) is 0 Å². The van der Waals surface area contributed by atoms with Gasteiger partial charge in [0.15, 0.2) is 0 Å². The van der Waals surface area contributed by atoms with Crippen LogP contribution in [0.3, 0.4) is 0 Å². The molecule has 0 bridgehead atoms. The molecule has 0 aliphatic heterocycles. The van der Waals surface area contributed by atoms with E-state index < -0.39 is 0 Å². The number of hydrogen-bond donors (Lipinski definition) is 0. The molecule has 0 radical (unpaired) electrons. The zero-order valence-corrected chi connectivity index (χ0v) is 7.26. The third-order valence-electron chi connectivity index (χ3n) is 0. The average Bonchev–Trinajstić information content (AvgIpc) is 0.918. The van der Waals surface area contributed by atoms with Crippen molar-refractivity contribution in [2.75, 3.05) is 0 Å². The molecule has 5 heavy (non-hydrogen) atoms. The van der Waals surface area contributed by atoms with E-state index >= 15 is 0 Å². The van der Waals surface area contributed by atoms with Gasteiger partial charge in [0.2, 0.25) is 0 Å². The zero-order chi connectivity index (χ0) is 2.71. The fourth-order valence-electron chi connectivity index (χ4n) is 0. The first-order valence-corrected chi connectivity index (χ1v) is 9.99. The Bertz CT molecular complexity index is 11.6. The van der Waals surface area contributed by atoms with E-state index in [-0.39, 0.29) is 30.5 Å². The second-order valence-corrected chi connectivity index (χ2v) is 13.4. The van der Waals surface area contributed by atoms with E-state index in [9.17, 15) is 0 Å². The summed E-state index contributed by atoms with van der Waals surface area (Å²) in [5.74, 6) is 0. The zero-order valence-electron chi connectivity index (χ0n) is 1.86. The summed E-state index contributed by atoms with van der Waals surface area (Å²) in [6.45, 7) is 0. The van der Waals surface area contributed by atoms with Crippen molar-refractivity contribution < 1.29 is 30.2 Å². The fraction of sp³-hybridized carbons (Fsp3) is 1.00. The molecular weight excluding hydrogens is 211 g/mol. The molecule has 0 aromatic rings. The molecular formula is CH9MgMoSiV. The minimum absolute atomic E-state index is 0. The topological polar surface area (TPSA) is 0 Å². The van der Waals surface area contributed by atoms with E-state index in [2.05, 4.69) is 17.4 Å². The first kappa shape index (κ1) is 15.7. The maximum atomic E-state index is 2.23. The third-order valence-corrected chi connectivity index (χ3v) is 0. The molecule has 30 valence electrons. The van der Waals surface area contributed by atoms with Crippen molar-refractivity contribution in [3.63, 3.8) is 0 Å². The van der Waals surface area contributed by atoms with E-state index in [4.69, 9.17) is 0 Å². The molecule has 4 heteroatoms. The number of rotatable bonds is 0. The van der Waals surface area contributed by atoms with Gasteiger partial charge in [-0.05, 0) is 0 Å². The molecule has 0 amide bonds. The summed E-state index contributed by atoms with van der Waals surface area (Å²) >= 11 is 3.06. The first-order valence-electron chi connectivity index (χ1n) is 0.630. The first-order chi connectivity index (χ1) is 1.41. The van der Waals surface area contributed by atoms with E-state index in [1.165, 1.54) is 8.62 Å². The van der Waals surface area contributed by atoms with Crippen molar-refractivity contribution in [1.29, 1.82) is 0 Å². The van der Waals surface area contributed by atoms with Crippen LogP contribution in [0.15, 0.2) is 0 Å². The summed E-state index contributed by atoms with van der Waals surface area (Å²) in [5, 5.41) is 0. The van der Waals surface area contributed by atoms with Gasteiger partial charge in [0.05, 0.1) is 0 Å². The van der Waals surface area contributed by atoms with E-state index in [0.29, 0.717) is 0 Å². The third kappa shape index (κ3) is 22.3. The second-order valence-electron chi connectivity index (χ2n) is 0.183. The summed E-state index contributed by atoms with van der Waals surface area (Å²) in [5.41, 5.74) is 0. The fourth-order valence-corrected chi connectivity index (χ4v) is 0. The van der Waals surface area contributed by atoms with Crippen molar-refractivity contribution in [2.24, 2.45) is 0 Å². The van der Waals surface area contributed by atoms with Gasteiger partial charge in [-0.2, -0.15) is 0 Å². The molecule has 0 aliphatic rings. The van der Waals surface area contributed by atoms with Crippen LogP contribution >= 0.6 is 0 Å². The Morgan fingerprint density at radius 3 is 1.60 bits per heavy atom. The average molecular weight is 220 g/mol. The molecule has 0 saturated carbocycles. The summed E-state index contributed by atoms with van der Waals surface area (Å²) in [6, 6.07) is 0. The molecule has 0 N–H and O–H groups in total. The van der Waals surface area contributed by atoms with Gasteiger partial charge in [0.25, 0.3) is 0 Å². The Hall–Kier alpha value is 2.26. The van der Waals surface area contributed by atoms with Crippen molar-refractivity contribution in [3.8, 4) is 0 Å². The van der Waals surface area contributed by atoms with Crippen LogP contribution in [-0.4, -0.2) is 31.7 Å². The van der Waals surface area contributed by atoms with Crippen LogP contribution in [0.25, 0.3) is 0 Å². The molecule has 0 unspecified atom stereocenters. The Morgan fingerprint density at radius 2 is 1.60 bits per heavy atom. The van der Waals surface area contributed by atoms with Crippen LogP contribution in [0.5, 0.6) is 0 Å². The molecule has 0 aromatic carbocycles. The van der Waals surface area contributed by atoms with Gasteiger partial charge in [-0.1, -0.05) is 7.43 Å². The van der Waals surface area contributed by atoms with Gasteiger partial charge < -0.3 is 0 Å². The van der Waals surface area contributed by atoms with Gasteiger partial charge in [0.1, 0.15) is 0 Å². The monoisotopic (exact) mass is 222 g/mol. The van der Waals surface area contributed by atoms with E-state index in [1.807, 2.05) is 0 Å². The molecule has 0 spiro atoms. The van der Waals surface area contributed by atoms with Gasteiger partial charge in [0, 0.05) is 0 Å². The quantitative estimate of drug-likeness (QED) is 0.437. The summed E-state index contributed by atoms with van der Waals surface area (Å²) in [6.07, 6.45) is 0. The van der Waals surface area contributed by atoms with Crippen LogP contribution in [0.4, 0.5) is 0 Å². The van der Waals surface area contributed by atoms with Crippen LogP contribution in [-0.2, 0) is 30.2 Å². The molecule has 0 atom stereocenters. The molecule has 0 aliphatic carbocycles. The summed E-state index contributed by atoms with van der Waals surface area (Å²) in [4.78, 5) is 0. The Kier molecular flexibility index (Phi) is 51.1. The van der Waals surface area contributed by atoms with Crippen molar-refractivity contribution in [3.05, 3.63) is 0 Å². The van der Waals surface area contributed by atoms with Gasteiger partial charge in [-0.15, -0.1) is 0 Å². The SMILES string of the molecule is C.[MgH2].[SiH3][V][Mo]. The standard InChI is InChI=1S/CH4.Mg.Mo.H3Si.V.2H/h1H4;;;1H3;;;. The van der Waals surface area contributed by atoms with Crippen LogP contribution in [0, 0.1) is 0 Å². The van der Waals surface area contributed by atoms with Gasteiger partial charge in [-0.25, -0.2) is 0 Å². The predicted octanol–water partition coefficient (Wildman–Crippen LogP) is -1.47. The van der Waals surface area contributed by atoms with Crippen molar-refractivity contribution in [2.45, 2.75) is 7.43 Å². The maximum absolute atomic E-state index is 2.23. The molecule has 0 heterocycles. The molecule has 0 fully saturated rings. The summed E-state index contributed by atoms with van der Waals surface area (Å²) < 4.78 is 0. The Balaban J connectivity index is -0.0000000200. The second kappa shape index (κ2) is 16.3. The van der Waals surface area contributed by atoms with Gasteiger partial charge >= 0.3 is 61.9 Å². The van der Waals surface area contributed by atoms with E-state index in [0.717, 1.165) is 12.8 Å². The van der Waals surface area contributed by atoms with Gasteiger partial charge in [-0.3, -0.25) is 0 Å². The Morgan fingerprint density at radius 1 is 1.60 bits per heavy atom. The molecule has 0 aromatic heterocycles. The van der Waals surface area contributed by atoms with E-state index in [1.54, 1.807) is 0 Å². The normalized spacial score (nSPS) is 3.20.